The lowest BCUT2D eigenvalue weighted by atomic mass is 10.2. The average Bonchev–Trinajstić information content (AvgIpc) is 3.36. The summed E-state index contributed by atoms with van der Waals surface area (Å²) < 4.78 is 18.8. The molecule has 0 N–H and O–H groups in total. The highest BCUT2D eigenvalue weighted by Gasteiger charge is 2.28. The molecule has 3 aromatic rings. The average molecular weight is 324 g/mol. The molecule has 1 aliphatic heterocycles. The van der Waals surface area contributed by atoms with Crippen LogP contribution < -0.4 is 4.74 Å². The molecule has 124 valence electrons. The zero-order valence-corrected chi connectivity index (χ0v) is 13.6. The van der Waals surface area contributed by atoms with Crippen LogP contribution in [0.2, 0.25) is 0 Å². The van der Waals surface area contributed by atoms with Gasteiger partial charge in [0, 0.05) is 36.3 Å². The Morgan fingerprint density at radius 3 is 3.00 bits per heavy atom. The molecule has 1 saturated heterocycles. The topological polar surface area (TPSA) is 39.8 Å². The fourth-order valence-electron chi connectivity index (χ4n) is 3.07. The van der Waals surface area contributed by atoms with Crippen LogP contribution >= 0.6 is 0 Å². The third kappa shape index (κ3) is 2.96. The number of aromatic nitrogens is 1. The van der Waals surface area contributed by atoms with Gasteiger partial charge in [-0.25, -0.2) is 0 Å². The third-order valence-electron chi connectivity index (χ3n) is 4.28. The second kappa shape index (κ2) is 6.55. The van der Waals surface area contributed by atoms with Crippen molar-refractivity contribution in [3.63, 3.8) is 0 Å². The summed E-state index contributed by atoms with van der Waals surface area (Å²) in [7, 11) is 1.68. The van der Waals surface area contributed by atoms with E-state index in [-0.39, 0.29) is 6.23 Å². The number of nitrogens with zero attached hydrogens (tertiary/aromatic N) is 2. The predicted molar refractivity (Wildman–Crippen MR) is 90.1 cm³/mol. The molecule has 4 rings (SSSR count). The van der Waals surface area contributed by atoms with Crippen LogP contribution in [0.1, 0.15) is 17.6 Å². The Balaban J connectivity index is 1.55. The molecule has 5 nitrogen and oxygen atoms in total. The summed E-state index contributed by atoms with van der Waals surface area (Å²) in [6.45, 7) is 2.38. The zero-order chi connectivity index (χ0) is 16.4. The first kappa shape index (κ1) is 15.1. The molecule has 0 spiro atoms. The molecular formula is C19H20N2O3. The van der Waals surface area contributed by atoms with E-state index >= 15 is 0 Å². The van der Waals surface area contributed by atoms with Crippen molar-refractivity contribution in [1.29, 1.82) is 0 Å². The minimum Gasteiger partial charge on any atom is -0.497 e. The first-order valence-electron chi connectivity index (χ1n) is 8.04. The smallest absolute Gasteiger partial charge is 0.138 e. The molecule has 0 radical (unpaired) electrons. The van der Waals surface area contributed by atoms with Crippen LogP contribution in [0.4, 0.5) is 0 Å². The first-order valence-corrected chi connectivity index (χ1v) is 8.04. The molecule has 0 unspecified atom stereocenters. The number of furan rings is 1. The third-order valence-corrected chi connectivity index (χ3v) is 4.28. The molecule has 1 aliphatic rings. The van der Waals surface area contributed by atoms with Gasteiger partial charge in [-0.15, -0.1) is 0 Å². The molecule has 0 aliphatic carbocycles. The van der Waals surface area contributed by atoms with Gasteiger partial charge < -0.3 is 18.5 Å². The largest absolute Gasteiger partial charge is 0.497 e. The summed E-state index contributed by atoms with van der Waals surface area (Å²) in [5.74, 6) is 1.80. The van der Waals surface area contributed by atoms with E-state index < -0.39 is 0 Å². The Bertz CT molecular complexity index is 795. The molecule has 0 saturated carbocycles. The molecule has 3 heterocycles. The molecule has 0 bridgehead atoms. The fraction of sp³-hybridized carbons (Fsp3) is 0.263. The highest BCUT2D eigenvalue weighted by atomic mass is 16.5. The maximum atomic E-state index is 5.94. The van der Waals surface area contributed by atoms with Crippen molar-refractivity contribution in [2.24, 2.45) is 0 Å². The predicted octanol–water partition coefficient (Wildman–Crippen LogP) is 3.61. The molecule has 1 fully saturated rings. The van der Waals surface area contributed by atoms with E-state index in [4.69, 9.17) is 13.9 Å². The van der Waals surface area contributed by atoms with Crippen LogP contribution in [0.5, 0.6) is 5.75 Å². The van der Waals surface area contributed by atoms with Gasteiger partial charge in [-0.2, -0.15) is 0 Å². The van der Waals surface area contributed by atoms with Crippen LogP contribution in [-0.2, 0) is 11.3 Å². The number of ether oxygens (including phenoxy) is 2. The van der Waals surface area contributed by atoms with Gasteiger partial charge in [-0.05, 0) is 30.3 Å². The summed E-state index contributed by atoms with van der Waals surface area (Å²) in [6.07, 6.45) is 5.83. The van der Waals surface area contributed by atoms with Gasteiger partial charge >= 0.3 is 0 Å². The summed E-state index contributed by atoms with van der Waals surface area (Å²) >= 11 is 0. The van der Waals surface area contributed by atoms with Gasteiger partial charge in [0.2, 0.25) is 0 Å². The van der Waals surface area contributed by atoms with E-state index in [2.05, 4.69) is 34.0 Å². The van der Waals surface area contributed by atoms with Crippen LogP contribution in [-0.4, -0.2) is 29.7 Å². The molecule has 0 amide bonds. The quantitative estimate of drug-likeness (QED) is 0.719. The van der Waals surface area contributed by atoms with Crippen molar-refractivity contribution in [2.75, 3.05) is 20.3 Å². The zero-order valence-electron chi connectivity index (χ0n) is 13.6. The summed E-state index contributed by atoms with van der Waals surface area (Å²) in [4.78, 5) is 2.28. The maximum Gasteiger partial charge on any atom is 0.138 e. The number of hydrogen-bond acceptors (Lipinski definition) is 4. The maximum absolute atomic E-state index is 5.94. The van der Waals surface area contributed by atoms with Crippen LogP contribution in [0.25, 0.3) is 5.69 Å². The van der Waals surface area contributed by atoms with Gasteiger partial charge in [0.05, 0.1) is 26.5 Å². The highest BCUT2D eigenvalue weighted by molar-refractivity contribution is 5.40. The summed E-state index contributed by atoms with van der Waals surface area (Å²) in [6, 6.07) is 14.0. The van der Waals surface area contributed by atoms with Crippen molar-refractivity contribution < 1.29 is 13.9 Å². The first-order chi connectivity index (χ1) is 11.8. The molecule has 24 heavy (non-hydrogen) atoms. The van der Waals surface area contributed by atoms with Crippen molar-refractivity contribution in [3.05, 3.63) is 72.4 Å². The van der Waals surface area contributed by atoms with Crippen molar-refractivity contribution >= 4 is 0 Å². The van der Waals surface area contributed by atoms with Crippen molar-refractivity contribution in [3.8, 4) is 11.4 Å². The Labute approximate surface area is 141 Å². The lowest BCUT2D eigenvalue weighted by Gasteiger charge is -2.21. The van der Waals surface area contributed by atoms with E-state index in [1.54, 1.807) is 13.4 Å². The van der Waals surface area contributed by atoms with Gasteiger partial charge in [0.15, 0.2) is 0 Å². The van der Waals surface area contributed by atoms with Gasteiger partial charge in [-0.1, -0.05) is 6.07 Å². The fourth-order valence-corrected chi connectivity index (χ4v) is 3.07. The molecule has 1 atom stereocenters. The van der Waals surface area contributed by atoms with E-state index in [9.17, 15) is 0 Å². The Morgan fingerprint density at radius 1 is 1.21 bits per heavy atom. The Kier molecular flexibility index (Phi) is 4.11. The SMILES string of the molecule is COc1cccc(-n2ccc([C@@H]3OCCN3Cc3ccco3)c2)c1. The lowest BCUT2D eigenvalue weighted by molar-refractivity contribution is 0.0258. The molecular weight excluding hydrogens is 304 g/mol. The summed E-state index contributed by atoms with van der Waals surface area (Å²) in [5, 5.41) is 0. The number of methoxy groups -OCH3 is 1. The van der Waals surface area contributed by atoms with Crippen molar-refractivity contribution in [2.45, 2.75) is 12.8 Å². The second-order valence-electron chi connectivity index (χ2n) is 5.83. The van der Waals surface area contributed by atoms with E-state index in [0.29, 0.717) is 0 Å². The minimum absolute atomic E-state index is 0.0399. The molecule has 5 heteroatoms. The van der Waals surface area contributed by atoms with Crippen LogP contribution in [0.3, 0.4) is 0 Å². The van der Waals surface area contributed by atoms with Gasteiger partial charge in [-0.3, -0.25) is 4.90 Å². The minimum atomic E-state index is -0.0399. The van der Waals surface area contributed by atoms with Crippen LogP contribution in [0, 0.1) is 0 Å². The molecule has 1 aromatic carbocycles. The van der Waals surface area contributed by atoms with Gasteiger partial charge in [0.1, 0.15) is 17.7 Å². The van der Waals surface area contributed by atoms with Crippen molar-refractivity contribution in [1.82, 2.24) is 9.47 Å². The van der Waals surface area contributed by atoms with E-state index in [1.165, 1.54) is 0 Å². The standard InChI is InChI=1S/C19H20N2O3/c1-22-17-5-2-4-16(12-17)20-8-7-15(13-20)19-21(9-11-24-19)14-18-6-3-10-23-18/h2-8,10,12-13,19H,9,11,14H2,1H3/t19-/m0/s1. The van der Waals surface area contributed by atoms with E-state index in [0.717, 1.165) is 42.5 Å². The lowest BCUT2D eigenvalue weighted by Crippen LogP contribution is -2.22. The Morgan fingerprint density at radius 2 is 2.17 bits per heavy atom. The van der Waals surface area contributed by atoms with Gasteiger partial charge in [0.25, 0.3) is 0 Å². The Hall–Kier alpha value is -2.50. The number of rotatable bonds is 5. The van der Waals surface area contributed by atoms with Crippen LogP contribution in [0.15, 0.2) is 65.5 Å². The second-order valence-corrected chi connectivity index (χ2v) is 5.83. The highest BCUT2D eigenvalue weighted by Crippen LogP contribution is 2.29. The number of benzene rings is 1. The number of hydrogen-bond donors (Lipinski definition) is 0. The van der Waals surface area contributed by atoms with E-state index in [1.807, 2.05) is 30.3 Å². The normalized spacial score (nSPS) is 18.1. The summed E-state index contributed by atoms with van der Waals surface area (Å²) in [5.41, 5.74) is 2.21. The monoisotopic (exact) mass is 324 g/mol. The molecule has 2 aromatic heterocycles.